The van der Waals surface area contributed by atoms with Gasteiger partial charge in [-0.05, 0) is 13.8 Å². The third-order valence-corrected chi connectivity index (χ3v) is 2.12. The number of nitrogens with two attached hydrogens (primary N) is 1. The Balaban J connectivity index is 2.81. The third-order valence-electron chi connectivity index (χ3n) is 1.93. The summed E-state index contributed by atoms with van der Waals surface area (Å²) in [6.45, 7) is 3.73. The minimum atomic E-state index is -0.542. The van der Waals surface area contributed by atoms with Crippen LogP contribution in [-0.4, -0.2) is 33.6 Å². The summed E-state index contributed by atoms with van der Waals surface area (Å²) >= 11 is 4.84. The predicted octanol–water partition coefficient (Wildman–Crippen LogP) is 0.474. The van der Waals surface area contributed by atoms with Crippen LogP contribution in [0.15, 0.2) is 12.4 Å². The van der Waals surface area contributed by atoms with Crippen LogP contribution in [0.2, 0.25) is 0 Å². The van der Waals surface area contributed by atoms with Crippen molar-refractivity contribution < 1.29 is 9.53 Å². The van der Waals surface area contributed by atoms with E-state index in [1.165, 1.54) is 12.4 Å². The summed E-state index contributed by atoms with van der Waals surface area (Å²) in [6, 6.07) is -0.542. The monoisotopic (exact) mass is 254 g/mol. The van der Waals surface area contributed by atoms with Gasteiger partial charge in [-0.3, -0.25) is 0 Å². The van der Waals surface area contributed by atoms with Crippen LogP contribution in [0, 0.1) is 0 Å². The highest BCUT2D eigenvalue weighted by molar-refractivity contribution is 7.80. The second-order valence-corrected chi connectivity index (χ2v) is 3.68. The zero-order chi connectivity index (χ0) is 12.8. The number of rotatable bonds is 5. The van der Waals surface area contributed by atoms with E-state index in [0.29, 0.717) is 18.1 Å². The Morgan fingerprint density at radius 3 is 2.82 bits per heavy atom. The smallest absolute Gasteiger partial charge is 0.328 e. The van der Waals surface area contributed by atoms with E-state index >= 15 is 0 Å². The number of anilines is 1. The highest BCUT2D eigenvalue weighted by atomic mass is 32.1. The molecule has 7 heteroatoms. The number of carbonyl (C=O) groups excluding carboxylic acids is 1. The van der Waals surface area contributed by atoms with E-state index in [-0.39, 0.29) is 11.0 Å². The third kappa shape index (κ3) is 3.63. The van der Waals surface area contributed by atoms with Crippen LogP contribution < -0.4 is 11.1 Å². The van der Waals surface area contributed by atoms with Crippen LogP contribution in [0.4, 0.5) is 5.82 Å². The molecule has 0 aromatic carbocycles. The lowest BCUT2D eigenvalue weighted by atomic mass is 10.3. The summed E-state index contributed by atoms with van der Waals surface area (Å²) < 4.78 is 4.86. The molecule has 0 bridgehead atoms. The summed E-state index contributed by atoms with van der Waals surface area (Å²) in [6.07, 6.45) is 2.97. The summed E-state index contributed by atoms with van der Waals surface area (Å²) in [4.78, 5) is 19.6. The van der Waals surface area contributed by atoms with Crippen molar-refractivity contribution in [3.63, 3.8) is 0 Å². The Morgan fingerprint density at radius 1 is 1.59 bits per heavy atom. The number of thiocarbonyl (C=S) groups is 1. The van der Waals surface area contributed by atoms with E-state index in [2.05, 4.69) is 15.3 Å². The van der Waals surface area contributed by atoms with Gasteiger partial charge in [-0.25, -0.2) is 14.8 Å². The van der Waals surface area contributed by atoms with Crippen LogP contribution in [0.5, 0.6) is 0 Å². The molecular weight excluding hydrogens is 240 g/mol. The zero-order valence-corrected chi connectivity index (χ0v) is 10.5. The number of nitrogens with one attached hydrogen (secondary N) is 1. The minimum absolute atomic E-state index is 0.122. The van der Waals surface area contributed by atoms with E-state index in [4.69, 9.17) is 22.7 Å². The molecule has 17 heavy (non-hydrogen) atoms. The summed E-state index contributed by atoms with van der Waals surface area (Å²) in [5, 5.41) is 2.86. The maximum Gasteiger partial charge on any atom is 0.328 e. The molecule has 1 unspecified atom stereocenters. The average molecular weight is 254 g/mol. The Bertz CT molecular complexity index is 425. The van der Waals surface area contributed by atoms with Gasteiger partial charge in [0.05, 0.1) is 6.61 Å². The molecule has 0 saturated heterocycles. The number of esters is 1. The lowest BCUT2D eigenvalue weighted by molar-refractivity contribution is -0.143. The molecule has 1 atom stereocenters. The van der Waals surface area contributed by atoms with Gasteiger partial charge < -0.3 is 15.8 Å². The molecule has 3 N–H and O–H groups in total. The summed E-state index contributed by atoms with van der Waals surface area (Å²) in [7, 11) is 0. The topological polar surface area (TPSA) is 90.1 Å². The number of ether oxygens (including phenoxy) is 1. The molecule has 1 heterocycles. The molecule has 0 amide bonds. The van der Waals surface area contributed by atoms with Crippen LogP contribution >= 0.6 is 12.2 Å². The van der Waals surface area contributed by atoms with E-state index in [1.54, 1.807) is 13.8 Å². The molecular formula is C10H14N4O2S. The molecule has 0 aliphatic heterocycles. The van der Waals surface area contributed by atoms with E-state index in [9.17, 15) is 4.79 Å². The number of hydrogen-bond donors (Lipinski definition) is 2. The Hall–Kier alpha value is -1.76. The van der Waals surface area contributed by atoms with Gasteiger partial charge in [0.1, 0.15) is 16.7 Å². The van der Waals surface area contributed by atoms with Crippen molar-refractivity contribution in [3.8, 4) is 0 Å². The molecule has 1 rings (SSSR count). The van der Waals surface area contributed by atoms with Crippen LogP contribution in [0.25, 0.3) is 0 Å². The second kappa shape index (κ2) is 6.09. The number of nitrogens with zero attached hydrogens (tertiary/aromatic N) is 2. The van der Waals surface area contributed by atoms with Gasteiger partial charge in [0.15, 0.2) is 5.82 Å². The first kappa shape index (κ1) is 13.3. The lowest BCUT2D eigenvalue weighted by Gasteiger charge is -2.14. The number of hydrogen-bond acceptors (Lipinski definition) is 6. The first-order valence-corrected chi connectivity index (χ1v) is 5.51. The van der Waals surface area contributed by atoms with Crippen molar-refractivity contribution in [2.24, 2.45) is 5.73 Å². The van der Waals surface area contributed by atoms with Crippen molar-refractivity contribution in [1.29, 1.82) is 0 Å². The molecule has 0 radical (unpaired) electrons. The second-order valence-electron chi connectivity index (χ2n) is 3.24. The standard InChI is InChI=1S/C10H14N4O2S/c1-3-16-10(15)6(2)14-9-7(8(11)17)12-4-5-13-9/h4-6H,3H2,1-2H3,(H2,11,17)(H,13,14). The van der Waals surface area contributed by atoms with Crippen LogP contribution in [-0.2, 0) is 9.53 Å². The van der Waals surface area contributed by atoms with Gasteiger partial charge in [0.2, 0.25) is 0 Å². The van der Waals surface area contributed by atoms with Crippen LogP contribution in [0.1, 0.15) is 19.5 Å². The fourth-order valence-corrected chi connectivity index (χ4v) is 1.30. The molecule has 0 fully saturated rings. The van der Waals surface area contributed by atoms with Crippen molar-refractivity contribution in [1.82, 2.24) is 9.97 Å². The van der Waals surface area contributed by atoms with E-state index < -0.39 is 6.04 Å². The molecule has 0 aliphatic rings. The van der Waals surface area contributed by atoms with Gasteiger partial charge in [-0.15, -0.1) is 0 Å². The largest absolute Gasteiger partial charge is 0.464 e. The molecule has 1 aromatic rings. The van der Waals surface area contributed by atoms with Crippen molar-refractivity contribution in [3.05, 3.63) is 18.1 Å². The highest BCUT2D eigenvalue weighted by Gasteiger charge is 2.17. The molecule has 1 aromatic heterocycles. The van der Waals surface area contributed by atoms with Crippen molar-refractivity contribution in [2.45, 2.75) is 19.9 Å². The first-order chi connectivity index (χ1) is 8.06. The number of carbonyl (C=O) groups is 1. The van der Waals surface area contributed by atoms with Crippen molar-refractivity contribution >= 4 is 29.0 Å². The van der Waals surface area contributed by atoms with E-state index in [0.717, 1.165) is 0 Å². The maximum absolute atomic E-state index is 11.4. The Kier molecular flexibility index (Phi) is 4.77. The zero-order valence-electron chi connectivity index (χ0n) is 9.64. The van der Waals surface area contributed by atoms with Gasteiger partial charge in [-0.1, -0.05) is 12.2 Å². The Labute approximate surface area is 105 Å². The number of aromatic nitrogens is 2. The fraction of sp³-hybridized carbons (Fsp3) is 0.400. The van der Waals surface area contributed by atoms with E-state index in [1.807, 2.05) is 0 Å². The SMILES string of the molecule is CCOC(=O)C(C)Nc1nccnc1C(N)=S. The van der Waals surface area contributed by atoms with Gasteiger partial charge >= 0.3 is 5.97 Å². The van der Waals surface area contributed by atoms with Crippen LogP contribution in [0.3, 0.4) is 0 Å². The molecule has 0 saturated carbocycles. The quantitative estimate of drug-likeness (QED) is 0.583. The minimum Gasteiger partial charge on any atom is -0.464 e. The molecule has 0 aliphatic carbocycles. The molecule has 0 spiro atoms. The summed E-state index contributed by atoms with van der Waals surface area (Å²) in [5.41, 5.74) is 5.86. The fourth-order valence-electron chi connectivity index (χ4n) is 1.16. The van der Waals surface area contributed by atoms with Gasteiger partial charge in [0, 0.05) is 12.4 Å². The predicted molar refractivity (Wildman–Crippen MR) is 67.6 cm³/mol. The first-order valence-electron chi connectivity index (χ1n) is 5.10. The normalized spacial score (nSPS) is 11.6. The van der Waals surface area contributed by atoms with Crippen molar-refractivity contribution in [2.75, 3.05) is 11.9 Å². The molecule has 92 valence electrons. The van der Waals surface area contributed by atoms with Gasteiger partial charge in [-0.2, -0.15) is 0 Å². The Morgan fingerprint density at radius 2 is 2.24 bits per heavy atom. The summed E-state index contributed by atoms with van der Waals surface area (Å²) in [5.74, 6) is 0.00703. The molecule has 6 nitrogen and oxygen atoms in total. The highest BCUT2D eigenvalue weighted by Crippen LogP contribution is 2.10. The lowest BCUT2D eigenvalue weighted by Crippen LogP contribution is -2.30. The maximum atomic E-state index is 11.4. The average Bonchev–Trinajstić information content (AvgIpc) is 2.29. The van der Waals surface area contributed by atoms with Gasteiger partial charge in [0.25, 0.3) is 0 Å².